The van der Waals surface area contributed by atoms with Crippen molar-refractivity contribution in [1.29, 1.82) is 0 Å². The molecule has 1 rings (SSSR count). The number of carbonyl (C=O) groups excluding carboxylic acids is 1. The summed E-state index contributed by atoms with van der Waals surface area (Å²) >= 11 is 0. The van der Waals surface area contributed by atoms with Crippen LogP contribution < -0.4 is 16.8 Å². The van der Waals surface area contributed by atoms with Crippen molar-refractivity contribution in [2.75, 3.05) is 6.67 Å². The van der Waals surface area contributed by atoms with Crippen LogP contribution in [0.15, 0.2) is 30.3 Å². The lowest BCUT2D eigenvalue weighted by atomic mass is 9.94. The van der Waals surface area contributed by atoms with Crippen LogP contribution in [0.25, 0.3) is 0 Å². The van der Waals surface area contributed by atoms with Crippen molar-refractivity contribution in [1.82, 2.24) is 5.32 Å². The molecule has 0 saturated carbocycles. The number of hydrogen-bond acceptors (Lipinski definition) is 2. The van der Waals surface area contributed by atoms with Crippen molar-refractivity contribution in [3.05, 3.63) is 35.9 Å². The second-order valence-corrected chi connectivity index (χ2v) is 3.50. The van der Waals surface area contributed by atoms with Gasteiger partial charge in [-0.05, 0) is 5.56 Å². The highest BCUT2D eigenvalue weighted by Gasteiger charge is 2.53. The minimum absolute atomic E-state index is 0.138. The molecule has 0 aliphatic carbocycles. The van der Waals surface area contributed by atoms with Crippen LogP contribution in [-0.2, 0) is 5.66 Å². The van der Waals surface area contributed by atoms with E-state index in [1.54, 1.807) is 11.4 Å². The molecule has 0 heterocycles. The van der Waals surface area contributed by atoms with Crippen LogP contribution in [0.4, 0.5) is 18.0 Å². The Kier molecular flexibility index (Phi) is 3.62. The first-order valence-electron chi connectivity index (χ1n) is 4.69. The van der Waals surface area contributed by atoms with E-state index in [4.69, 9.17) is 11.5 Å². The summed E-state index contributed by atoms with van der Waals surface area (Å²) in [5.41, 5.74) is 7.38. The summed E-state index contributed by atoms with van der Waals surface area (Å²) in [5.74, 6) is -3.97. The van der Waals surface area contributed by atoms with Gasteiger partial charge in [-0.1, -0.05) is 30.3 Å². The van der Waals surface area contributed by atoms with Gasteiger partial charge in [0.05, 0.1) is 0 Å². The van der Waals surface area contributed by atoms with Crippen molar-refractivity contribution < 1.29 is 18.0 Å². The molecule has 1 atom stereocenters. The molecule has 0 saturated heterocycles. The number of halogens is 3. The van der Waals surface area contributed by atoms with Gasteiger partial charge in [0.1, 0.15) is 0 Å². The minimum Gasteiger partial charge on any atom is -0.352 e. The van der Waals surface area contributed by atoms with E-state index in [0.717, 1.165) is 0 Å². The average molecular weight is 247 g/mol. The summed E-state index contributed by atoms with van der Waals surface area (Å²) in [6.07, 6.45) is 0. The highest BCUT2D eigenvalue weighted by Crippen LogP contribution is 2.33. The van der Waals surface area contributed by atoms with Gasteiger partial charge in [0.15, 0.2) is 12.3 Å². The van der Waals surface area contributed by atoms with Gasteiger partial charge in [-0.15, -0.1) is 0 Å². The normalized spacial score (nSPS) is 15.1. The smallest absolute Gasteiger partial charge is 0.315 e. The topological polar surface area (TPSA) is 81.1 Å². The summed E-state index contributed by atoms with van der Waals surface area (Å²) < 4.78 is 39.3. The molecule has 94 valence electrons. The number of hydrogen-bond donors (Lipinski definition) is 3. The molecule has 0 aromatic heterocycles. The van der Waals surface area contributed by atoms with Crippen molar-refractivity contribution in [3.8, 4) is 0 Å². The Morgan fingerprint density at radius 2 is 1.82 bits per heavy atom. The molecule has 1 unspecified atom stereocenters. The van der Waals surface area contributed by atoms with Crippen molar-refractivity contribution in [3.63, 3.8) is 0 Å². The lowest BCUT2D eigenvalue weighted by Gasteiger charge is -2.36. The third-order valence-electron chi connectivity index (χ3n) is 2.29. The fraction of sp³-hybridized carbons (Fsp3) is 0.300. The number of benzene rings is 1. The molecule has 0 aliphatic heterocycles. The molecule has 0 aliphatic rings. The second-order valence-electron chi connectivity index (χ2n) is 3.50. The SMILES string of the molecule is NC(=O)NC(N)(c1ccccc1)C(F)(F)CF. The maximum Gasteiger partial charge on any atom is 0.315 e. The first-order chi connectivity index (χ1) is 7.83. The molecule has 0 radical (unpaired) electrons. The Balaban J connectivity index is 3.25. The lowest BCUT2D eigenvalue weighted by molar-refractivity contribution is -0.102. The molecule has 2 amide bonds. The molecule has 4 nitrogen and oxygen atoms in total. The zero-order chi connectivity index (χ0) is 13.1. The third kappa shape index (κ3) is 2.50. The standard InChI is InChI=1S/C10H12F3N3O/c11-6-9(12,13)10(15,16-8(14)17)7-4-2-1-3-5-7/h1-5H,6,15H2,(H3,14,16,17). The van der Waals surface area contributed by atoms with E-state index < -0.39 is 24.3 Å². The maximum absolute atomic E-state index is 13.5. The number of primary amides is 1. The predicted octanol–water partition coefficient (Wildman–Crippen LogP) is 1.07. The molecule has 1 aromatic rings. The number of urea groups is 1. The fourth-order valence-corrected chi connectivity index (χ4v) is 1.38. The molecule has 0 bridgehead atoms. The monoisotopic (exact) mass is 247 g/mol. The highest BCUT2D eigenvalue weighted by atomic mass is 19.3. The van der Waals surface area contributed by atoms with Crippen LogP contribution >= 0.6 is 0 Å². The number of nitrogens with one attached hydrogen (secondary N) is 1. The van der Waals surface area contributed by atoms with Crippen LogP contribution in [0.5, 0.6) is 0 Å². The van der Waals surface area contributed by atoms with Crippen LogP contribution in [-0.4, -0.2) is 18.6 Å². The van der Waals surface area contributed by atoms with E-state index in [-0.39, 0.29) is 5.56 Å². The number of nitrogens with two attached hydrogens (primary N) is 2. The quantitative estimate of drug-likeness (QED) is 0.696. The third-order valence-corrected chi connectivity index (χ3v) is 2.29. The molecule has 17 heavy (non-hydrogen) atoms. The van der Waals surface area contributed by atoms with Gasteiger partial charge in [-0.2, -0.15) is 8.78 Å². The van der Waals surface area contributed by atoms with Crippen molar-refractivity contribution in [2.45, 2.75) is 11.6 Å². The van der Waals surface area contributed by atoms with Gasteiger partial charge in [-0.3, -0.25) is 5.73 Å². The maximum atomic E-state index is 13.5. The highest BCUT2D eigenvalue weighted by molar-refractivity contribution is 5.73. The summed E-state index contributed by atoms with van der Waals surface area (Å²) in [4.78, 5) is 10.7. The Morgan fingerprint density at radius 1 is 1.29 bits per heavy atom. The van der Waals surface area contributed by atoms with Crippen LogP contribution in [0.3, 0.4) is 0 Å². The Hall–Kier alpha value is -1.76. The van der Waals surface area contributed by atoms with Gasteiger partial charge < -0.3 is 11.1 Å². The van der Waals surface area contributed by atoms with Gasteiger partial charge >= 0.3 is 12.0 Å². The molecule has 1 aromatic carbocycles. The lowest BCUT2D eigenvalue weighted by Crippen LogP contribution is -2.65. The molecular formula is C10H12F3N3O. The van der Waals surface area contributed by atoms with Crippen LogP contribution in [0.1, 0.15) is 5.56 Å². The van der Waals surface area contributed by atoms with Gasteiger partial charge in [-0.25, -0.2) is 9.18 Å². The zero-order valence-electron chi connectivity index (χ0n) is 8.79. The van der Waals surface area contributed by atoms with Crippen LogP contribution in [0.2, 0.25) is 0 Å². The summed E-state index contributed by atoms with van der Waals surface area (Å²) in [5, 5.41) is 1.69. The van der Waals surface area contributed by atoms with Crippen molar-refractivity contribution in [2.24, 2.45) is 11.5 Å². The molecule has 0 fully saturated rings. The first kappa shape index (κ1) is 13.3. The Morgan fingerprint density at radius 3 is 2.24 bits per heavy atom. The first-order valence-corrected chi connectivity index (χ1v) is 4.69. The fourth-order valence-electron chi connectivity index (χ4n) is 1.38. The number of alkyl halides is 3. The Bertz CT molecular complexity index is 399. The molecular weight excluding hydrogens is 235 g/mol. The minimum atomic E-state index is -3.97. The van der Waals surface area contributed by atoms with E-state index in [0.29, 0.717) is 0 Å². The Labute approximate surface area is 95.8 Å². The summed E-state index contributed by atoms with van der Waals surface area (Å²) in [7, 11) is 0. The number of amides is 2. The van der Waals surface area contributed by atoms with Crippen LogP contribution in [0, 0.1) is 0 Å². The zero-order valence-corrected chi connectivity index (χ0v) is 8.79. The van der Waals surface area contributed by atoms with E-state index >= 15 is 0 Å². The van der Waals surface area contributed by atoms with E-state index in [1.165, 1.54) is 24.3 Å². The predicted molar refractivity (Wildman–Crippen MR) is 55.9 cm³/mol. The van der Waals surface area contributed by atoms with E-state index in [2.05, 4.69) is 0 Å². The van der Waals surface area contributed by atoms with Gasteiger partial charge in [0.25, 0.3) is 0 Å². The van der Waals surface area contributed by atoms with Crippen molar-refractivity contribution >= 4 is 6.03 Å². The molecule has 0 spiro atoms. The average Bonchev–Trinajstić information content (AvgIpc) is 2.29. The van der Waals surface area contributed by atoms with Gasteiger partial charge in [0.2, 0.25) is 0 Å². The summed E-state index contributed by atoms with van der Waals surface area (Å²) in [6, 6.07) is 5.69. The second kappa shape index (κ2) is 4.62. The summed E-state index contributed by atoms with van der Waals surface area (Å²) in [6.45, 7) is -2.02. The van der Waals surface area contributed by atoms with E-state index in [1.807, 2.05) is 0 Å². The number of rotatable bonds is 4. The number of carbonyl (C=O) groups is 1. The van der Waals surface area contributed by atoms with Gasteiger partial charge in [0, 0.05) is 0 Å². The van der Waals surface area contributed by atoms with E-state index in [9.17, 15) is 18.0 Å². The largest absolute Gasteiger partial charge is 0.352 e. The molecule has 7 heteroatoms. The molecule has 5 N–H and O–H groups in total.